The molecule has 1 heterocycles. The van der Waals surface area contributed by atoms with Crippen LogP contribution >= 0.6 is 0 Å². The zero-order valence-corrected chi connectivity index (χ0v) is 14.7. The molecule has 3 rings (SSSR count). The van der Waals surface area contributed by atoms with Crippen LogP contribution in [-0.4, -0.2) is 24.5 Å². The topological polar surface area (TPSA) is 54.1 Å². The van der Waals surface area contributed by atoms with Gasteiger partial charge in [0.25, 0.3) is 0 Å². The molecule has 1 amide bonds. The largest absolute Gasteiger partial charge is 0.497 e. The molecule has 0 aliphatic heterocycles. The van der Waals surface area contributed by atoms with Crippen LogP contribution < -0.4 is 10.1 Å². The quantitative estimate of drug-likeness (QED) is 0.678. The average Bonchev–Trinajstić information content (AvgIpc) is 3.07. The molecule has 0 aliphatic carbocycles. The monoisotopic (exact) mass is 336 g/mol. The van der Waals surface area contributed by atoms with Crippen molar-refractivity contribution in [2.75, 3.05) is 13.7 Å². The lowest BCUT2D eigenvalue weighted by molar-refractivity contribution is -0.121. The number of rotatable bonds is 7. The maximum Gasteiger partial charge on any atom is 0.220 e. The molecule has 1 atom stereocenters. The van der Waals surface area contributed by atoms with Crippen molar-refractivity contribution >= 4 is 16.8 Å². The Bertz CT molecular complexity index is 836. The Morgan fingerprint density at radius 1 is 1.16 bits per heavy atom. The van der Waals surface area contributed by atoms with Gasteiger partial charge in [-0.1, -0.05) is 37.3 Å². The first-order valence-corrected chi connectivity index (χ1v) is 8.69. The molecule has 0 spiro atoms. The lowest BCUT2D eigenvalue weighted by Crippen LogP contribution is -2.28. The lowest BCUT2D eigenvalue weighted by atomic mass is 9.90. The Kier molecular flexibility index (Phi) is 5.39. The zero-order valence-electron chi connectivity index (χ0n) is 14.7. The molecule has 1 aromatic heterocycles. The third kappa shape index (κ3) is 3.85. The highest BCUT2D eigenvalue weighted by Crippen LogP contribution is 2.31. The third-order valence-corrected chi connectivity index (χ3v) is 4.50. The summed E-state index contributed by atoms with van der Waals surface area (Å²) in [6, 6.07) is 16.3. The lowest BCUT2D eigenvalue weighted by Gasteiger charge is -2.18. The van der Waals surface area contributed by atoms with Crippen molar-refractivity contribution < 1.29 is 9.53 Å². The summed E-state index contributed by atoms with van der Waals surface area (Å²) in [5.74, 6) is 1.01. The van der Waals surface area contributed by atoms with E-state index < -0.39 is 0 Å². The van der Waals surface area contributed by atoms with Crippen LogP contribution in [0.15, 0.2) is 54.7 Å². The molecule has 0 radical (unpaired) electrons. The van der Waals surface area contributed by atoms with Crippen LogP contribution in [-0.2, 0) is 4.79 Å². The van der Waals surface area contributed by atoms with E-state index in [-0.39, 0.29) is 11.8 Å². The van der Waals surface area contributed by atoms with E-state index in [9.17, 15) is 4.79 Å². The van der Waals surface area contributed by atoms with E-state index in [1.165, 1.54) is 10.9 Å². The zero-order chi connectivity index (χ0) is 17.6. The van der Waals surface area contributed by atoms with Gasteiger partial charge in [0.2, 0.25) is 5.91 Å². The molecule has 0 aliphatic rings. The number of fused-ring (bicyclic) bond motifs is 1. The molecule has 3 aromatic rings. The number of carbonyl (C=O) groups is 1. The first-order valence-electron chi connectivity index (χ1n) is 8.69. The van der Waals surface area contributed by atoms with Crippen molar-refractivity contribution in [3.63, 3.8) is 0 Å². The predicted molar refractivity (Wildman–Crippen MR) is 101 cm³/mol. The first kappa shape index (κ1) is 17.1. The Balaban J connectivity index is 1.94. The number of H-pyrrole nitrogens is 1. The molecule has 0 bridgehead atoms. The first-order chi connectivity index (χ1) is 12.2. The molecule has 25 heavy (non-hydrogen) atoms. The minimum absolute atomic E-state index is 0.0860. The van der Waals surface area contributed by atoms with E-state index in [0.717, 1.165) is 23.3 Å². The van der Waals surface area contributed by atoms with Crippen LogP contribution in [0.2, 0.25) is 0 Å². The van der Waals surface area contributed by atoms with Gasteiger partial charge < -0.3 is 15.0 Å². The van der Waals surface area contributed by atoms with Crippen LogP contribution in [0.5, 0.6) is 5.75 Å². The summed E-state index contributed by atoms with van der Waals surface area (Å²) in [6.07, 6.45) is 3.46. The van der Waals surface area contributed by atoms with Gasteiger partial charge >= 0.3 is 0 Å². The number of methoxy groups -OCH3 is 1. The highest BCUT2D eigenvalue weighted by Gasteiger charge is 2.19. The number of hydrogen-bond donors (Lipinski definition) is 2. The van der Waals surface area contributed by atoms with Crippen molar-refractivity contribution in [2.45, 2.75) is 25.7 Å². The second kappa shape index (κ2) is 7.88. The summed E-state index contributed by atoms with van der Waals surface area (Å²) in [4.78, 5) is 15.3. The van der Waals surface area contributed by atoms with Gasteiger partial charge in [-0.05, 0) is 35.7 Å². The second-order valence-electron chi connectivity index (χ2n) is 6.17. The Morgan fingerprint density at radius 2 is 1.92 bits per heavy atom. The standard InChI is InChI=1S/C21H24N2O2/c1-3-6-21(24)23-13-18(15-9-11-16(25-2)12-10-15)19-14-22-20-8-5-4-7-17(19)20/h4-5,7-12,14,18,22H,3,6,13H2,1-2H3,(H,23,24)/t18-/m1/s1. The van der Waals surface area contributed by atoms with Crippen molar-refractivity contribution in [3.8, 4) is 5.75 Å². The Morgan fingerprint density at radius 3 is 2.64 bits per heavy atom. The van der Waals surface area contributed by atoms with E-state index in [1.807, 2.05) is 37.4 Å². The van der Waals surface area contributed by atoms with Crippen LogP contribution in [0.3, 0.4) is 0 Å². The second-order valence-corrected chi connectivity index (χ2v) is 6.17. The fourth-order valence-corrected chi connectivity index (χ4v) is 3.16. The number of aromatic amines is 1. The van der Waals surface area contributed by atoms with Gasteiger partial charge in [0.15, 0.2) is 0 Å². The fourth-order valence-electron chi connectivity index (χ4n) is 3.16. The summed E-state index contributed by atoms with van der Waals surface area (Å²) in [6.45, 7) is 2.59. The van der Waals surface area contributed by atoms with Crippen molar-refractivity contribution in [3.05, 3.63) is 65.9 Å². The molecule has 2 aromatic carbocycles. The Hall–Kier alpha value is -2.75. The SMILES string of the molecule is CCCC(=O)NC[C@H](c1ccc(OC)cc1)c1c[nH]c2ccccc12. The summed E-state index contributed by atoms with van der Waals surface area (Å²) >= 11 is 0. The number of aromatic nitrogens is 1. The summed E-state index contributed by atoms with van der Waals surface area (Å²) < 4.78 is 5.26. The van der Waals surface area contributed by atoms with Gasteiger partial charge in [0.05, 0.1) is 7.11 Å². The number of ether oxygens (including phenoxy) is 1. The van der Waals surface area contributed by atoms with Crippen LogP contribution in [0, 0.1) is 0 Å². The van der Waals surface area contributed by atoms with Gasteiger partial charge in [-0.15, -0.1) is 0 Å². The van der Waals surface area contributed by atoms with Gasteiger partial charge in [-0.2, -0.15) is 0 Å². The minimum atomic E-state index is 0.0860. The minimum Gasteiger partial charge on any atom is -0.497 e. The molecule has 0 unspecified atom stereocenters. The molecular formula is C21H24N2O2. The highest BCUT2D eigenvalue weighted by atomic mass is 16.5. The van der Waals surface area contributed by atoms with E-state index in [0.29, 0.717) is 13.0 Å². The van der Waals surface area contributed by atoms with E-state index in [1.54, 1.807) is 7.11 Å². The third-order valence-electron chi connectivity index (χ3n) is 4.50. The average molecular weight is 336 g/mol. The molecule has 4 nitrogen and oxygen atoms in total. The number of amides is 1. The Labute approximate surface area is 148 Å². The number of para-hydroxylation sites is 1. The van der Waals surface area contributed by atoms with E-state index >= 15 is 0 Å². The maximum atomic E-state index is 12.0. The van der Waals surface area contributed by atoms with Gasteiger partial charge in [0, 0.05) is 36.0 Å². The van der Waals surface area contributed by atoms with Gasteiger partial charge in [0.1, 0.15) is 5.75 Å². The van der Waals surface area contributed by atoms with Crippen LogP contribution in [0.25, 0.3) is 10.9 Å². The van der Waals surface area contributed by atoms with Crippen molar-refractivity contribution in [1.82, 2.24) is 10.3 Å². The van der Waals surface area contributed by atoms with Crippen LogP contribution in [0.4, 0.5) is 0 Å². The summed E-state index contributed by atoms with van der Waals surface area (Å²) in [5.41, 5.74) is 3.45. The predicted octanol–water partition coefficient (Wildman–Crippen LogP) is 4.22. The normalized spacial score (nSPS) is 12.1. The molecule has 0 fully saturated rings. The molecule has 2 N–H and O–H groups in total. The highest BCUT2D eigenvalue weighted by molar-refractivity contribution is 5.84. The van der Waals surface area contributed by atoms with Gasteiger partial charge in [-0.25, -0.2) is 0 Å². The molecule has 130 valence electrons. The number of hydrogen-bond acceptors (Lipinski definition) is 2. The number of nitrogens with one attached hydrogen (secondary N) is 2. The number of benzene rings is 2. The molecular weight excluding hydrogens is 312 g/mol. The molecule has 0 saturated carbocycles. The van der Waals surface area contributed by atoms with Gasteiger partial charge in [-0.3, -0.25) is 4.79 Å². The number of carbonyl (C=O) groups excluding carboxylic acids is 1. The maximum absolute atomic E-state index is 12.0. The fraction of sp³-hybridized carbons (Fsp3) is 0.286. The molecule has 0 saturated heterocycles. The van der Waals surface area contributed by atoms with E-state index in [4.69, 9.17) is 4.74 Å². The smallest absolute Gasteiger partial charge is 0.220 e. The molecule has 4 heteroatoms. The van der Waals surface area contributed by atoms with Crippen molar-refractivity contribution in [2.24, 2.45) is 0 Å². The summed E-state index contributed by atoms with van der Waals surface area (Å²) in [5, 5.41) is 4.27. The van der Waals surface area contributed by atoms with Crippen LogP contribution in [0.1, 0.15) is 36.8 Å². The summed E-state index contributed by atoms with van der Waals surface area (Å²) in [7, 11) is 1.66. The van der Waals surface area contributed by atoms with E-state index in [2.05, 4.69) is 34.6 Å². The van der Waals surface area contributed by atoms with Crippen molar-refractivity contribution in [1.29, 1.82) is 0 Å².